The van der Waals surface area contributed by atoms with Gasteiger partial charge in [0.05, 0.1) is 38.9 Å². The van der Waals surface area contributed by atoms with Crippen LogP contribution in [0.2, 0.25) is 0 Å². The largest absolute Gasteiger partial charge is 0.487 e. The first-order valence-electron chi connectivity index (χ1n) is 41.8. The molecule has 14 heteroatoms. The summed E-state index contributed by atoms with van der Waals surface area (Å²) in [4.78, 5) is 57.0. The molecule has 4 aliphatic rings. The van der Waals surface area contributed by atoms with Crippen LogP contribution < -0.4 is 18.9 Å². The minimum absolute atomic E-state index is 0.000579. The lowest BCUT2D eigenvalue weighted by molar-refractivity contribution is -0.147. The molecule has 4 heterocycles. The molecule has 2 saturated heterocycles. The number of fused-ring (bicyclic) bond motifs is 2. The first-order chi connectivity index (χ1) is 48.7. The van der Waals surface area contributed by atoms with Gasteiger partial charge >= 0.3 is 23.9 Å². The fourth-order valence-electron chi connectivity index (χ4n) is 16.6. The molecule has 0 N–H and O–H groups in total. The molecule has 0 amide bonds. The Kier molecular flexibility index (Phi) is 39.5. The number of hydrogen-bond acceptors (Lipinski definition) is 14. The highest BCUT2D eigenvalue weighted by atomic mass is 33.1. The van der Waals surface area contributed by atoms with Crippen molar-refractivity contribution < 1.29 is 47.6 Å². The molecule has 0 aromatic heterocycles. The predicted octanol–water partition coefficient (Wildman–Crippen LogP) is 22.9. The maximum Gasteiger partial charge on any atom is 0.311 e. The van der Waals surface area contributed by atoms with Gasteiger partial charge in [-0.25, -0.2) is 0 Å². The molecule has 0 aliphatic carbocycles. The third kappa shape index (κ3) is 31.4. The molecule has 12 nitrogen and oxygen atoms in total. The van der Waals surface area contributed by atoms with Crippen molar-refractivity contribution >= 4 is 45.5 Å². The summed E-state index contributed by atoms with van der Waals surface area (Å²) in [6.45, 7) is 43.6. The van der Waals surface area contributed by atoms with E-state index < -0.39 is 11.9 Å². The zero-order chi connectivity index (χ0) is 74.2. The average Bonchev–Trinajstić information content (AvgIpc) is 0.766. The van der Waals surface area contributed by atoms with Crippen LogP contribution in [-0.4, -0.2) is 109 Å². The Labute approximate surface area is 631 Å². The second kappa shape index (κ2) is 46.0. The van der Waals surface area contributed by atoms with E-state index in [0.717, 1.165) is 192 Å². The van der Waals surface area contributed by atoms with Crippen molar-refractivity contribution in [3.8, 4) is 23.0 Å². The molecule has 582 valence electrons. The van der Waals surface area contributed by atoms with Crippen LogP contribution in [0.25, 0.3) is 0 Å². The van der Waals surface area contributed by atoms with Crippen molar-refractivity contribution in [3.63, 3.8) is 0 Å². The molecular formula is C88H148N2O10S2. The first kappa shape index (κ1) is 87.5. The number of nitrogens with zero attached hydrogens (tertiary/aromatic N) is 2. The summed E-state index contributed by atoms with van der Waals surface area (Å²) < 4.78 is 36.9. The Morgan fingerprint density at radius 2 is 0.745 bits per heavy atom. The van der Waals surface area contributed by atoms with E-state index in [-0.39, 0.29) is 48.8 Å². The summed E-state index contributed by atoms with van der Waals surface area (Å²) in [7, 11) is 4.04. The van der Waals surface area contributed by atoms with E-state index in [1.807, 2.05) is 49.3 Å². The minimum Gasteiger partial charge on any atom is -0.487 e. The van der Waals surface area contributed by atoms with Crippen LogP contribution in [0.5, 0.6) is 23.0 Å². The lowest BCUT2D eigenvalue weighted by Gasteiger charge is -2.38. The van der Waals surface area contributed by atoms with Crippen LogP contribution in [0.1, 0.15) is 332 Å². The van der Waals surface area contributed by atoms with Gasteiger partial charge in [0, 0.05) is 35.7 Å². The molecule has 6 rings (SSSR count). The number of carbonyl (C=O) groups excluding carboxylic acids is 4. The molecule has 4 aliphatic heterocycles. The highest BCUT2D eigenvalue weighted by molar-refractivity contribution is 8.76. The standard InChI is InChI=1S/C88H148N2O10S2/c1-63(2)27-21-29-65(5)31-23-33-67(7)35-25-49-87(15)51-43-77-73(13)83(69(9)71(11)85(77)99-87)97-81(93)41-39-79(91)95-59-19-17-37-75-45-53-89(54-46-75)57-61-101-102-62-58-90-55-47-76(48-56-90)38-18-20-60-96-80(92)40-42-82(94)98-84-70(10)72(12)86-78(74(84)14)44-52-88(16,100-86)50-26-36-68(8)34-24-32-66(6)30-22-28-64(3)4/h63-68,75-76H,17-62H2,1-16H3. The van der Waals surface area contributed by atoms with E-state index in [4.69, 9.17) is 28.4 Å². The monoisotopic (exact) mass is 1460 g/mol. The average molecular weight is 1460 g/mol. The molecule has 6 unspecified atom stereocenters. The number of carbonyl (C=O) groups is 4. The third-order valence-corrected chi connectivity index (χ3v) is 26.6. The minimum atomic E-state index is -0.398. The normalized spacial score (nSPS) is 19.6. The summed E-state index contributed by atoms with van der Waals surface area (Å²) in [5.41, 5.74) is 7.76. The van der Waals surface area contributed by atoms with Crippen molar-refractivity contribution in [3.05, 3.63) is 44.5 Å². The number of rotatable bonds is 49. The topological polar surface area (TPSA) is 130 Å². The number of esters is 4. The van der Waals surface area contributed by atoms with Crippen LogP contribution in [0.4, 0.5) is 0 Å². The molecule has 102 heavy (non-hydrogen) atoms. The Morgan fingerprint density at radius 1 is 0.422 bits per heavy atom. The molecule has 2 aromatic rings. The summed E-state index contributed by atoms with van der Waals surface area (Å²) in [5, 5.41) is 0. The number of unbranched alkanes of at least 4 members (excludes halogenated alkanes) is 2. The van der Waals surface area contributed by atoms with Gasteiger partial charge in [-0.3, -0.25) is 19.2 Å². The van der Waals surface area contributed by atoms with E-state index in [2.05, 4.69) is 92.9 Å². The van der Waals surface area contributed by atoms with Gasteiger partial charge in [-0.15, -0.1) is 0 Å². The van der Waals surface area contributed by atoms with Crippen LogP contribution in [0, 0.1) is 88.9 Å². The van der Waals surface area contributed by atoms with Crippen molar-refractivity contribution in [2.75, 3.05) is 64.0 Å². The number of likely N-dealkylation sites (tertiary alicyclic amines) is 2. The molecule has 2 aromatic carbocycles. The second-order valence-corrected chi connectivity index (χ2v) is 37.1. The highest BCUT2D eigenvalue weighted by Crippen LogP contribution is 2.47. The SMILES string of the molecule is Cc1c(C)c2c(c(C)c1OC(=O)CCC(=O)OCCCCC1CCN(CCSSCCN3CCC(CCCCOC(=O)CCC(=O)Oc4c(C)c(C)c5c(c4C)CCC(C)(CCCC(C)CCCC(C)CCCC(C)C)O5)CC3)CC1)CCC(C)(CCCC(C)CCCC(C)CCCC(C)C)O2. The van der Waals surface area contributed by atoms with Gasteiger partial charge in [-0.1, -0.05) is 180 Å². The van der Waals surface area contributed by atoms with Crippen LogP contribution in [-0.2, 0) is 41.5 Å². The van der Waals surface area contributed by atoms with Gasteiger partial charge in [0.1, 0.15) is 34.2 Å². The maximum atomic E-state index is 13.2. The van der Waals surface area contributed by atoms with E-state index in [9.17, 15) is 19.2 Å². The fraction of sp³-hybridized carbons (Fsp3) is 0.818. The maximum absolute atomic E-state index is 13.2. The van der Waals surface area contributed by atoms with Gasteiger partial charge in [0.25, 0.3) is 0 Å². The number of benzene rings is 2. The smallest absolute Gasteiger partial charge is 0.311 e. The van der Waals surface area contributed by atoms with E-state index >= 15 is 0 Å². The van der Waals surface area contributed by atoms with Crippen molar-refractivity contribution in [1.82, 2.24) is 9.80 Å². The molecule has 0 saturated carbocycles. The Hall–Kier alpha value is -3.46. The zero-order valence-corrected chi connectivity index (χ0v) is 69.6. The van der Waals surface area contributed by atoms with E-state index in [1.165, 1.54) is 167 Å². The Balaban J connectivity index is 0.715. The Morgan fingerprint density at radius 3 is 1.09 bits per heavy atom. The zero-order valence-electron chi connectivity index (χ0n) is 67.9. The van der Waals surface area contributed by atoms with E-state index in [0.29, 0.717) is 24.7 Å². The molecule has 0 radical (unpaired) electrons. The third-order valence-electron chi connectivity index (χ3n) is 24.2. The summed E-state index contributed by atoms with van der Waals surface area (Å²) >= 11 is 0. The highest BCUT2D eigenvalue weighted by Gasteiger charge is 2.37. The van der Waals surface area contributed by atoms with Gasteiger partial charge in [0.2, 0.25) is 0 Å². The number of ether oxygens (including phenoxy) is 6. The number of hydrogen-bond donors (Lipinski definition) is 0. The summed E-state index contributed by atoms with van der Waals surface area (Å²) in [6, 6.07) is 0. The number of piperidine rings is 2. The summed E-state index contributed by atoms with van der Waals surface area (Å²) in [5.74, 6) is 10.3. The lowest BCUT2D eigenvalue weighted by atomic mass is 9.83. The fourth-order valence-corrected chi connectivity index (χ4v) is 18.7. The first-order valence-corrected chi connectivity index (χ1v) is 44.3. The van der Waals surface area contributed by atoms with Crippen molar-refractivity contribution in [1.29, 1.82) is 0 Å². The lowest BCUT2D eigenvalue weighted by Crippen LogP contribution is -2.37. The van der Waals surface area contributed by atoms with Crippen LogP contribution in [0.3, 0.4) is 0 Å². The van der Waals surface area contributed by atoms with Crippen molar-refractivity contribution in [2.45, 2.75) is 353 Å². The molecule has 0 spiro atoms. The van der Waals surface area contributed by atoms with Gasteiger partial charge in [-0.05, 0) is 265 Å². The van der Waals surface area contributed by atoms with Crippen LogP contribution in [0.15, 0.2) is 0 Å². The van der Waals surface area contributed by atoms with Gasteiger partial charge < -0.3 is 38.2 Å². The van der Waals surface area contributed by atoms with Gasteiger partial charge in [0.15, 0.2) is 0 Å². The second-order valence-electron chi connectivity index (χ2n) is 34.4. The van der Waals surface area contributed by atoms with Gasteiger partial charge in [-0.2, -0.15) is 0 Å². The molecule has 6 atom stereocenters. The van der Waals surface area contributed by atoms with Crippen LogP contribution >= 0.6 is 21.6 Å². The molecular weight excluding hydrogens is 1310 g/mol. The molecule has 2 fully saturated rings. The summed E-state index contributed by atoms with van der Waals surface area (Å²) in [6.07, 6.45) is 37.9. The van der Waals surface area contributed by atoms with E-state index in [1.54, 1.807) is 0 Å². The quantitative estimate of drug-likeness (QED) is 0.0270. The Bertz CT molecular complexity index is 2640. The molecule has 0 bridgehead atoms. The van der Waals surface area contributed by atoms with Crippen molar-refractivity contribution in [2.24, 2.45) is 47.3 Å². The predicted molar refractivity (Wildman–Crippen MR) is 428 cm³/mol.